The van der Waals surface area contributed by atoms with Crippen molar-refractivity contribution in [2.45, 2.75) is 44.3 Å². The second-order valence-corrected chi connectivity index (χ2v) is 3.87. The molecular formula is C11H21NO5. The van der Waals surface area contributed by atoms with Gasteiger partial charge in [0.05, 0.1) is 12.7 Å². The van der Waals surface area contributed by atoms with Crippen LogP contribution in [-0.2, 0) is 9.59 Å². The molecule has 0 rings (SSSR count). The highest BCUT2D eigenvalue weighted by atomic mass is 16.4. The second-order valence-electron chi connectivity index (χ2n) is 3.87. The van der Waals surface area contributed by atoms with Gasteiger partial charge in [-0.1, -0.05) is 0 Å². The molecule has 0 aromatic rings. The van der Waals surface area contributed by atoms with Gasteiger partial charge in [-0.25, -0.2) is 0 Å². The smallest absolute Gasteiger partial charge is 0.220 e. The summed E-state index contributed by atoms with van der Waals surface area (Å²) in [5, 5.41) is 29.6. The van der Waals surface area contributed by atoms with E-state index in [0.29, 0.717) is 38.6 Å². The fourth-order valence-corrected chi connectivity index (χ4v) is 1.29. The number of carbonyl (C=O) groups excluding carboxylic acids is 2. The highest BCUT2D eigenvalue weighted by Gasteiger charge is 2.14. The Bertz CT molecular complexity index is 222. The Balaban J connectivity index is 3.44. The average Bonchev–Trinajstić information content (AvgIpc) is 2.33. The van der Waals surface area contributed by atoms with Gasteiger partial charge in [0, 0.05) is 19.4 Å². The van der Waals surface area contributed by atoms with Crippen molar-refractivity contribution in [1.29, 1.82) is 0 Å². The van der Waals surface area contributed by atoms with Crippen molar-refractivity contribution in [2.24, 2.45) is 0 Å². The minimum Gasteiger partial charge on any atom is -0.394 e. The molecule has 0 aliphatic carbocycles. The van der Waals surface area contributed by atoms with E-state index in [1.165, 1.54) is 0 Å². The van der Waals surface area contributed by atoms with Gasteiger partial charge in [0.25, 0.3) is 0 Å². The zero-order valence-electron chi connectivity index (χ0n) is 9.84. The Hall–Kier alpha value is -0.980. The summed E-state index contributed by atoms with van der Waals surface area (Å²) in [5.41, 5.74) is 0. The lowest BCUT2D eigenvalue weighted by atomic mass is 10.1. The molecular weight excluding hydrogens is 226 g/mol. The lowest BCUT2D eigenvalue weighted by Gasteiger charge is -2.15. The molecule has 1 amide bonds. The van der Waals surface area contributed by atoms with Gasteiger partial charge in [0.1, 0.15) is 12.4 Å². The number of unbranched alkanes of at least 4 members (excludes halogenated alkanes) is 1. The fraction of sp³-hybridized carbons (Fsp3) is 0.818. The summed E-state index contributed by atoms with van der Waals surface area (Å²) in [6.45, 7) is -0.0612. The number of hydrogen-bond acceptors (Lipinski definition) is 5. The van der Waals surface area contributed by atoms with Crippen LogP contribution < -0.4 is 5.32 Å². The number of nitrogens with one attached hydrogen (secondary N) is 1. The van der Waals surface area contributed by atoms with E-state index in [4.69, 9.17) is 10.2 Å². The van der Waals surface area contributed by atoms with Crippen LogP contribution in [0.1, 0.15) is 32.1 Å². The lowest BCUT2D eigenvalue weighted by molar-refractivity contribution is -0.121. The van der Waals surface area contributed by atoms with Crippen LogP contribution in [0.5, 0.6) is 0 Å². The number of carbonyl (C=O) groups is 2. The third-order valence-electron chi connectivity index (χ3n) is 2.36. The maximum Gasteiger partial charge on any atom is 0.220 e. The molecule has 0 saturated carbocycles. The highest BCUT2D eigenvalue weighted by molar-refractivity contribution is 5.76. The van der Waals surface area contributed by atoms with E-state index in [1.54, 1.807) is 0 Å². The van der Waals surface area contributed by atoms with Gasteiger partial charge in [-0.3, -0.25) is 4.79 Å². The third-order valence-corrected chi connectivity index (χ3v) is 2.36. The van der Waals surface area contributed by atoms with Crippen LogP contribution in [0.3, 0.4) is 0 Å². The van der Waals surface area contributed by atoms with Crippen molar-refractivity contribution in [3.63, 3.8) is 0 Å². The molecule has 0 saturated heterocycles. The molecule has 0 bridgehead atoms. The molecule has 0 fully saturated rings. The molecule has 2 atom stereocenters. The summed E-state index contributed by atoms with van der Waals surface area (Å²) in [5.74, 6) is -0.121. The Morgan fingerprint density at radius 1 is 1.24 bits per heavy atom. The summed E-state index contributed by atoms with van der Waals surface area (Å²) in [7, 11) is 0. The van der Waals surface area contributed by atoms with Crippen molar-refractivity contribution in [2.75, 3.05) is 13.2 Å². The van der Waals surface area contributed by atoms with Crippen LogP contribution in [-0.4, -0.2) is 52.9 Å². The summed E-state index contributed by atoms with van der Waals surface area (Å²) >= 11 is 0. The lowest BCUT2D eigenvalue weighted by Crippen LogP contribution is -2.31. The van der Waals surface area contributed by atoms with E-state index in [9.17, 15) is 14.7 Å². The Morgan fingerprint density at radius 2 is 1.94 bits per heavy atom. The normalized spacial score (nSPS) is 14.1. The van der Waals surface area contributed by atoms with Crippen molar-refractivity contribution < 1.29 is 24.9 Å². The first-order valence-electron chi connectivity index (χ1n) is 5.79. The Morgan fingerprint density at radius 3 is 2.53 bits per heavy atom. The molecule has 0 radical (unpaired) electrons. The summed E-state index contributed by atoms with van der Waals surface area (Å²) in [6.07, 6.45) is 0.773. The molecule has 17 heavy (non-hydrogen) atoms. The van der Waals surface area contributed by atoms with Crippen LogP contribution in [0.2, 0.25) is 0 Å². The molecule has 100 valence electrons. The number of aliphatic hydroxyl groups excluding tert-OH is 3. The van der Waals surface area contributed by atoms with Crippen LogP contribution in [0.25, 0.3) is 0 Å². The number of amides is 1. The molecule has 6 heteroatoms. The first-order valence-corrected chi connectivity index (χ1v) is 5.79. The van der Waals surface area contributed by atoms with Crippen LogP contribution >= 0.6 is 0 Å². The fourth-order valence-electron chi connectivity index (χ4n) is 1.29. The van der Waals surface area contributed by atoms with Crippen molar-refractivity contribution in [1.82, 2.24) is 5.32 Å². The number of aliphatic hydroxyl groups is 3. The summed E-state index contributed by atoms with van der Waals surface area (Å²) < 4.78 is 0. The number of aldehydes is 1. The van der Waals surface area contributed by atoms with Crippen molar-refractivity contribution >= 4 is 12.2 Å². The molecule has 0 unspecified atom stereocenters. The summed E-state index contributed by atoms with van der Waals surface area (Å²) in [4.78, 5) is 21.2. The van der Waals surface area contributed by atoms with E-state index in [-0.39, 0.29) is 5.91 Å². The third kappa shape index (κ3) is 8.79. The molecule has 0 aromatic carbocycles. The predicted octanol–water partition coefficient (Wildman–Crippen LogP) is -1.03. The minimum absolute atomic E-state index is 0.121. The zero-order valence-corrected chi connectivity index (χ0v) is 9.84. The SMILES string of the molecule is O=CCCCC(=O)NCCC[C@H](O)[C@H](O)CO. The number of hydrogen-bond donors (Lipinski definition) is 4. The van der Waals surface area contributed by atoms with Gasteiger partial charge in [0.2, 0.25) is 5.91 Å². The topological polar surface area (TPSA) is 107 Å². The van der Waals surface area contributed by atoms with Crippen molar-refractivity contribution in [3.8, 4) is 0 Å². The summed E-state index contributed by atoms with van der Waals surface area (Å²) in [6, 6.07) is 0. The first-order chi connectivity index (χ1) is 8.11. The molecule has 6 nitrogen and oxygen atoms in total. The predicted molar refractivity (Wildman–Crippen MR) is 61.3 cm³/mol. The molecule has 0 spiro atoms. The number of rotatable bonds is 10. The van der Waals surface area contributed by atoms with Gasteiger partial charge < -0.3 is 25.4 Å². The quantitative estimate of drug-likeness (QED) is 0.291. The Labute approximate surface area is 101 Å². The van der Waals surface area contributed by atoms with Crippen LogP contribution in [0, 0.1) is 0 Å². The van der Waals surface area contributed by atoms with E-state index in [2.05, 4.69) is 5.32 Å². The van der Waals surface area contributed by atoms with E-state index in [1.807, 2.05) is 0 Å². The van der Waals surface area contributed by atoms with Gasteiger partial charge in [-0.15, -0.1) is 0 Å². The molecule has 0 heterocycles. The van der Waals surface area contributed by atoms with Gasteiger partial charge in [-0.05, 0) is 19.3 Å². The van der Waals surface area contributed by atoms with Gasteiger partial charge in [0.15, 0.2) is 0 Å². The second kappa shape index (κ2) is 10.2. The largest absolute Gasteiger partial charge is 0.394 e. The highest BCUT2D eigenvalue weighted by Crippen LogP contribution is 2.01. The molecule has 0 aromatic heterocycles. The molecule has 4 N–H and O–H groups in total. The van der Waals surface area contributed by atoms with Gasteiger partial charge >= 0.3 is 0 Å². The Kier molecular flexibility index (Phi) is 9.60. The first kappa shape index (κ1) is 16.0. The standard InChI is InChI=1S/C11H21NO5/c13-7-2-1-5-11(17)12-6-3-4-9(15)10(16)8-14/h7,9-10,14-16H,1-6,8H2,(H,12,17)/t9-,10+/m0/s1. The van der Waals surface area contributed by atoms with E-state index >= 15 is 0 Å². The minimum atomic E-state index is -1.13. The maximum absolute atomic E-state index is 11.2. The van der Waals surface area contributed by atoms with E-state index < -0.39 is 18.8 Å². The zero-order chi connectivity index (χ0) is 13.1. The van der Waals surface area contributed by atoms with Crippen LogP contribution in [0.4, 0.5) is 0 Å². The van der Waals surface area contributed by atoms with Gasteiger partial charge in [-0.2, -0.15) is 0 Å². The van der Waals surface area contributed by atoms with Crippen LogP contribution in [0.15, 0.2) is 0 Å². The van der Waals surface area contributed by atoms with E-state index in [0.717, 1.165) is 6.29 Å². The monoisotopic (exact) mass is 247 g/mol. The van der Waals surface area contributed by atoms with Crippen molar-refractivity contribution in [3.05, 3.63) is 0 Å². The maximum atomic E-state index is 11.2. The molecule has 0 aliphatic heterocycles. The molecule has 0 aliphatic rings. The average molecular weight is 247 g/mol.